The highest BCUT2D eigenvalue weighted by atomic mass is 79.9. The van der Waals surface area contributed by atoms with Gasteiger partial charge in [-0.3, -0.25) is 4.79 Å². The molecular formula is C25H22BrClN2O6. The Labute approximate surface area is 215 Å². The lowest BCUT2D eigenvalue weighted by atomic mass is 10.2. The smallest absolute Gasteiger partial charge is 0.343 e. The highest BCUT2D eigenvalue weighted by Gasteiger charge is 2.16. The first-order chi connectivity index (χ1) is 16.8. The maximum absolute atomic E-state index is 12.7. The average molecular weight is 562 g/mol. The van der Waals surface area contributed by atoms with Gasteiger partial charge in [0.15, 0.2) is 17.6 Å². The predicted molar refractivity (Wildman–Crippen MR) is 136 cm³/mol. The van der Waals surface area contributed by atoms with Crippen molar-refractivity contribution in [2.75, 3.05) is 14.2 Å². The van der Waals surface area contributed by atoms with Crippen molar-refractivity contribution in [2.45, 2.75) is 13.0 Å². The number of nitrogens with one attached hydrogen (secondary N) is 1. The Balaban J connectivity index is 1.69. The molecule has 0 heterocycles. The third kappa shape index (κ3) is 7.21. The van der Waals surface area contributed by atoms with Gasteiger partial charge in [0.25, 0.3) is 5.91 Å². The molecule has 1 atom stereocenters. The number of rotatable bonds is 9. The van der Waals surface area contributed by atoms with E-state index < -0.39 is 18.0 Å². The van der Waals surface area contributed by atoms with Crippen molar-refractivity contribution in [3.63, 3.8) is 0 Å². The predicted octanol–water partition coefficient (Wildman–Crippen LogP) is 5.26. The van der Waals surface area contributed by atoms with Crippen LogP contribution in [0.2, 0.25) is 5.02 Å². The molecule has 0 spiro atoms. The molecule has 0 aromatic heterocycles. The SMILES string of the molecule is COc1ccc(C(=O)Oc2ccc(Br)cc2/C=N\NC(=O)[C@@H](C)Oc2cccc(Cl)c2)cc1OC. The van der Waals surface area contributed by atoms with Crippen LogP contribution in [-0.4, -0.2) is 38.4 Å². The van der Waals surface area contributed by atoms with Crippen LogP contribution in [0.5, 0.6) is 23.0 Å². The molecule has 35 heavy (non-hydrogen) atoms. The van der Waals surface area contributed by atoms with Crippen LogP contribution < -0.4 is 24.4 Å². The fraction of sp³-hybridized carbons (Fsp3) is 0.160. The van der Waals surface area contributed by atoms with Crippen molar-refractivity contribution in [1.82, 2.24) is 5.43 Å². The van der Waals surface area contributed by atoms with Crippen LogP contribution in [-0.2, 0) is 4.79 Å². The summed E-state index contributed by atoms with van der Waals surface area (Å²) in [6.07, 6.45) is 0.543. The number of esters is 1. The Bertz CT molecular complexity index is 1250. The van der Waals surface area contributed by atoms with Gasteiger partial charge >= 0.3 is 5.97 Å². The molecule has 0 aliphatic carbocycles. The van der Waals surface area contributed by atoms with Gasteiger partial charge in [-0.15, -0.1) is 0 Å². The van der Waals surface area contributed by atoms with Crippen molar-refractivity contribution in [2.24, 2.45) is 5.10 Å². The molecule has 10 heteroatoms. The lowest BCUT2D eigenvalue weighted by molar-refractivity contribution is -0.127. The monoisotopic (exact) mass is 560 g/mol. The number of halogens is 2. The van der Waals surface area contributed by atoms with Crippen LogP contribution in [0.3, 0.4) is 0 Å². The van der Waals surface area contributed by atoms with Crippen LogP contribution in [0, 0.1) is 0 Å². The van der Waals surface area contributed by atoms with Gasteiger partial charge in [-0.2, -0.15) is 5.10 Å². The van der Waals surface area contributed by atoms with Gasteiger partial charge < -0.3 is 18.9 Å². The Kier molecular flexibility index (Phi) is 9.11. The molecule has 0 aliphatic rings. The average Bonchev–Trinajstić information content (AvgIpc) is 2.84. The normalized spacial score (nSPS) is 11.6. The number of hydrogen-bond donors (Lipinski definition) is 1. The summed E-state index contributed by atoms with van der Waals surface area (Å²) in [5.41, 5.74) is 3.14. The second-order valence-corrected chi connectivity index (χ2v) is 8.45. The standard InChI is InChI=1S/C25H22BrClN2O6/c1-15(34-20-6-4-5-19(27)13-20)24(30)29-28-14-17-11-18(26)8-10-21(17)35-25(31)16-7-9-22(32-2)23(12-16)33-3/h4-15H,1-3H3,(H,29,30)/b28-14-/t15-/m1/s1. The summed E-state index contributed by atoms with van der Waals surface area (Å²) >= 11 is 9.31. The summed E-state index contributed by atoms with van der Waals surface area (Å²) < 4.78 is 22.3. The fourth-order valence-electron chi connectivity index (χ4n) is 2.89. The molecule has 0 aliphatic heterocycles. The number of benzene rings is 3. The van der Waals surface area contributed by atoms with Crippen molar-refractivity contribution >= 4 is 45.6 Å². The summed E-state index contributed by atoms with van der Waals surface area (Å²) in [6.45, 7) is 1.58. The Hall–Kier alpha value is -3.56. The van der Waals surface area contributed by atoms with E-state index in [1.165, 1.54) is 26.5 Å². The number of hydrazone groups is 1. The minimum Gasteiger partial charge on any atom is -0.493 e. The lowest BCUT2D eigenvalue weighted by Crippen LogP contribution is -2.33. The van der Waals surface area contributed by atoms with E-state index in [4.69, 9.17) is 30.5 Å². The van der Waals surface area contributed by atoms with Gasteiger partial charge in [0.2, 0.25) is 0 Å². The van der Waals surface area contributed by atoms with Crippen LogP contribution in [0.1, 0.15) is 22.8 Å². The second-order valence-electron chi connectivity index (χ2n) is 7.09. The van der Waals surface area contributed by atoms with Gasteiger partial charge in [-0.05, 0) is 61.5 Å². The Morgan fingerprint density at radius 2 is 1.74 bits per heavy atom. The zero-order valence-electron chi connectivity index (χ0n) is 19.1. The van der Waals surface area contributed by atoms with Gasteiger partial charge in [0.1, 0.15) is 11.5 Å². The maximum atomic E-state index is 12.7. The summed E-state index contributed by atoms with van der Waals surface area (Å²) in [7, 11) is 2.98. The third-order valence-corrected chi connectivity index (χ3v) is 5.38. The molecule has 0 radical (unpaired) electrons. The van der Waals surface area contributed by atoms with E-state index in [0.29, 0.717) is 27.8 Å². The highest BCUT2D eigenvalue weighted by molar-refractivity contribution is 9.10. The summed E-state index contributed by atoms with van der Waals surface area (Å²) in [5.74, 6) is 0.520. The first-order valence-corrected chi connectivity index (χ1v) is 11.5. The summed E-state index contributed by atoms with van der Waals surface area (Å²) in [6, 6.07) is 16.4. The summed E-state index contributed by atoms with van der Waals surface area (Å²) in [5, 5.41) is 4.47. The quantitative estimate of drug-likeness (QED) is 0.166. The van der Waals surface area contributed by atoms with Gasteiger partial charge in [-0.1, -0.05) is 33.6 Å². The zero-order valence-corrected chi connectivity index (χ0v) is 21.4. The van der Waals surface area contributed by atoms with Crippen LogP contribution in [0.15, 0.2) is 70.2 Å². The largest absolute Gasteiger partial charge is 0.493 e. The first-order valence-electron chi connectivity index (χ1n) is 10.3. The molecule has 0 saturated heterocycles. The van der Waals surface area contributed by atoms with E-state index in [-0.39, 0.29) is 11.3 Å². The first kappa shape index (κ1) is 26.1. The number of nitrogens with zero attached hydrogens (tertiary/aromatic N) is 1. The number of ether oxygens (including phenoxy) is 4. The third-order valence-electron chi connectivity index (χ3n) is 4.65. The molecule has 0 fully saturated rings. The van der Waals surface area contributed by atoms with Crippen molar-refractivity contribution < 1.29 is 28.5 Å². The van der Waals surface area contributed by atoms with Crippen molar-refractivity contribution in [1.29, 1.82) is 0 Å². The van der Waals surface area contributed by atoms with Gasteiger partial charge in [0, 0.05) is 15.1 Å². The van der Waals surface area contributed by atoms with E-state index in [2.05, 4.69) is 26.5 Å². The number of carbonyl (C=O) groups excluding carboxylic acids is 2. The van der Waals surface area contributed by atoms with E-state index in [1.54, 1.807) is 61.5 Å². The number of hydrogen-bond acceptors (Lipinski definition) is 7. The molecule has 8 nitrogen and oxygen atoms in total. The zero-order chi connectivity index (χ0) is 25.4. The minimum atomic E-state index is -0.824. The second kappa shape index (κ2) is 12.2. The lowest BCUT2D eigenvalue weighted by Gasteiger charge is -2.13. The number of carbonyl (C=O) groups is 2. The molecule has 0 unspecified atom stereocenters. The Morgan fingerprint density at radius 3 is 2.46 bits per heavy atom. The topological polar surface area (TPSA) is 95.5 Å². The minimum absolute atomic E-state index is 0.245. The van der Waals surface area contributed by atoms with Crippen LogP contribution in [0.25, 0.3) is 0 Å². The van der Waals surface area contributed by atoms with E-state index in [9.17, 15) is 9.59 Å². The molecule has 3 aromatic rings. The van der Waals surface area contributed by atoms with Gasteiger partial charge in [-0.25, -0.2) is 10.2 Å². The van der Waals surface area contributed by atoms with Crippen LogP contribution >= 0.6 is 27.5 Å². The number of methoxy groups -OCH3 is 2. The maximum Gasteiger partial charge on any atom is 0.343 e. The molecule has 0 saturated carbocycles. The molecule has 1 N–H and O–H groups in total. The molecule has 3 rings (SSSR count). The van der Waals surface area contributed by atoms with Crippen molar-refractivity contribution in [3.05, 3.63) is 81.3 Å². The van der Waals surface area contributed by atoms with E-state index in [1.807, 2.05) is 0 Å². The molecule has 0 bridgehead atoms. The van der Waals surface area contributed by atoms with Crippen molar-refractivity contribution in [3.8, 4) is 23.0 Å². The molecule has 182 valence electrons. The molecular weight excluding hydrogens is 540 g/mol. The Morgan fingerprint density at radius 1 is 1.00 bits per heavy atom. The van der Waals surface area contributed by atoms with E-state index >= 15 is 0 Å². The highest BCUT2D eigenvalue weighted by Crippen LogP contribution is 2.29. The molecule has 1 amide bonds. The summed E-state index contributed by atoms with van der Waals surface area (Å²) in [4.78, 5) is 25.1. The number of amides is 1. The van der Waals surface area contributed by atoms with Gasteiger partial charge in [0.05, 0.1) is 26.0 Å². The van der Waals surface area contributed by atoms with E-state index in [0.717, 1.165) is 4.47 Å². The molecule has 3 aromatic carbocycles. The van der Waals surface area contributed by atoms with Crippen LogP contribution in [0.4, 0.5) is 0 Å². The fourth-order valence-corrected chi connectivity index (χ4v) is 3.45.